The van der Waals surface area contributed by atoms with Crippen LogP contribution in [0.2, 0.25) is 0 Å². The Labute approximate surface area is 138 Å². The maximum Gasteiger partial charge on any atom is 0.0147 e. The first-order valence-corrected chi connectivity index (χ1v) is 9.20. The molecule has 0 aromatic carbocycles. The van der Waals surface area contributed by atoms with Gasteiger partial charge in [0.05, 0.1) is 0 Å². The lowest BCUT2D eigenvalue weighted by atomic mass is 10.0. The first-order chi connectivity index (χ1) is 10.7. The van der Waals surface area contributed by atoms with Crippen molar-refractivity contribution in [3.63, 3.8) is 0 Å². The fourth-order valence-corrected chi connectivity index (χ4v) is 2.90. The smallest absolute Gasteiger partial charge is 0.0147 e. The normalized spacial score (nSPS) is 15.6. The van der Waals surface area contributed by atoms with E-state index in [9.17, 15) is 0 Å². The SMILES string of the molecule is C=C(/C=C\C1=C(C)NCCC1)CCCCCNC(CC)CC. The average Bonchev–Trinajstić information content (AvgIpc) is 2.53. The summed E-state index contributed by atoms with van der Waals surface area (Å²) in [4.78, 5) is 0. The first-order valence-electron chi connectivity index (χ1n) is 9.20. The summed E-state index contributed by atoms with van der Waals surface area (Å²) in [6.07, 6.45) is 14.4. The van der Waals surface area contributed by atoms with Crippen molar-refractivity contribution in [1.29, 1.82) is 0 Å². The summed E-state index contributed by atoms with van der Waals surface area (Å²) < 4.78 is 0. The van der Waals surface area contributed by atoms with Gasteiger partial charge in [-0.25, -0.2) is 0 Å². The Morgan fingerprint density at radius 2 is 2.05 bits per heavy atom. The number of allylic oxidation sites excluding steroid dienone is 5. The van der Waals surface area contributed by atoms with Crippen molar-refractivity contribution in [1.82, 2.24) is 10.6 Å². The summed E-state index contributed by atoms with van der Waals surface area (Å²) in [5.74, 6) is 0. The maximum absolute atomic E-state index is 4.19. The van der Waals surface area contributed by atoms with E-state index in [1.54, 1.807) is 0 Å². The summed E-state index contributed by atoms with van der Waals surface area (Å²) >= 11 is 0. The number of nitrogens with one attached hydrogen (secondary N) is 2. The zero-order valence-corrected chi connectivity index (χ0v) is 15.0. The van der Waals surface area contributed by atoms with Crippen molar-refractivity contribution < 1.29 is 0 Å². The van der Waals surface area contributed by atoms with Gasteiger partial charge in [0, 0.05) is 18.3 Å². The molecule has 126 valence electrons. The fourth-order valence-electron chi connectivity index (χ4n) is 2.90. The highest BCUT2D eigenvalue weighted by Crippen LogP contribution is 2.17. The van der Waals surface area contributed by atoms with Crippen molar-refractivity contribution in [2.75, 3.05) is 13.1 Å². The second-order valence-corrected chi connectivity index (χ2v) is 6.45. The quantitative estimate of drug-likeness (QED) is 0.410. The molecule has 0 radical (unpaired) electrons. The minimum atomic E-state index is 0.707. The van der Waals surface area contributed by atoms with Gasteiger partial charge >= 0.3 is 0 Å². The van der Waals surface area contributed by atoms with E-state index in [1.165, 1.54) is 61.8 Å². The van der Waals surface area contributed by atoms with Crippen LogP contribution < -0.4 is 10.6 Å². The Balaban J connectivity index is 2.11. The Morgan fingerprint density at radius 1 is 1.27 bits per heavy atom. The molecule has 0 atom stereocenters. The average molecular weight is 305 g/mol. The number of hydrogen-bond donors (Lipinski definition) is 2. The van der Waals surface area contributed by atoms with E-state index in [1.807, 2.05) is 0 Å². The minimum absolute atomic E-state index is 0.707. The summed E-state index contributed by atoms with van der Waals surface area (Å²) in [6, 6.07) is 0.707. The molecule has 0 bridgehead atoms. The van der Waals surface area contributed by atoms with E-state index in [0.717, 1.165) is 19.5 Å². The molecule has 0 spiro atoms. The highest BCUT2D eigenvalue weighted by Gasteiger charge is 2.05. The van der Waals surface area contributed by atoms with Gasteiger partial charge in [-0.1, -0.05) is 44.6 Å². The molecule has 0 amide bonds. The molecule has 22 heavy (non-hydrogen) atoms. The minimum Gasteiger partial charge on any atom is -0.388 e. The van der Waals surface area contributed by atoms with Crippen LogP contribution in [0.25, 0.3) is 0 Å². The number of unbranched alkanes of at least 4 members (excludes halogenated alkanes) is 2. The van der Waals surface area contributed by atoms with Gasteiger partial charge in [0.15, 0.2) is 0 Å². The second kappa shape index (κ2) is 11.5. The van der Waals surface area contributed by atoms with Gasteiger partial charge in [-0.2, -0.15) is 0 Å². The van der Waals surface area contributed by atoms with Gasteiger partial charge < -0.3 is 10.6 Å². The van der Waals surface area contributed by atoms with Crippen molar-refractivity contribution >= 4 is 0 Å². The molecule has 0 saturated carbocycles. The Hall–Kier alpha value is -1.02. The van der Waals surface area contributed by atoms with Crippen LogP contribution in [0.1, 0.15) is 72.1 Å². The Bertz CT molecular complexity index is 375. The lowest BCUT2D eigenvalue weighted by Crippen LogP contribution is -2.28. The van der Waals surface area contributed by atoms with Gasteiger partial charge in [-0.3, -0.25) is 0 Å². The highest BCUT2D eigenvalue weighted by atomic mass is 14.9. The predicted octanol–water partition coefficient (Wildman–Crippen LogP) is 5.09. The van der Waals surface area contributed by atoms with E-state index in [4.69, 9.17) is 0 Å². The lowest BCUT2D eigenvalue weighted by Gasteiger charge is -2.17. The molecule has 2 nitrogen and oxygen atoms in total. The van der Waals surface area contributed by atoms with Crippen LogP contribution in [0.15, 0.2) is 35.6 Å². The number of hydrogen-bond acceptors (Lipinski definition) is 2. The molecule has 0 saturated heterocycles. The van der Waals surface area contributed by atoms with Gasteiger partial charge in [-0.05, 0) is 64.0 Å². The second-order valence-electron chi connectivity index (χ2n) is 6.45. The summed E-state index contributed by atoms with van der Waals surface area (Å²) in [6.45, 7) is 13.2. The van der Waals surface area contributed by atoms with Crippen LogP contribution in [-0.4, -0.2) is 19.1 Å². The van der Waals surface area contributed by atoms with E-state index < -0.39 is 0 Å². The standard InChI is InChI=1S/C20H36N2/c1-5-20(6-2)22-15-9-7-8-11-17(3)13-14-19-12-10-16-21-18(19)4/h13-14,20-22H,3,5-12,15-16H2,1-2,4H3/b14-13-. The van der Waals surface area contributed by atoms with Crippen LogP contribution in [0, 0.1) is 0 Å². The fraction of sp³-hybridized carbons (Fsp3) is 0.700. The zero-order valence-electron chi connectivity index (χ0n) is 15.0. The van der Waals surface area contributed by atoms with Crippen molar-refractivity contribution in [2.45, 2.75) is 78.2 Å². The van der Waals surface area contributed by atoms with E-state index in [2.05, 4.69) is 50.1 Å². The Morgan fingerprint density at radius 3 is 2.73 bits per heavy atom. The molecule has 0 fully saturated rings. The topological polar surface area (TPSA) is 24.1 Å². The van der Waals surface area contributed by atoms with E-state index >= 15 is 0 Å². The molecular weight excluding hydrogens is 268 g/mol. The third-order valence-corrected chi connectivity index (χ3v) is 4.61. The van der Waals surface area contributed by atoms with E-state index in [0.29, 0.717) is 6.04 Å². The molecule has 1 rings (SSSR count). The third-order valence-electron chi connectivity index (χ3n) is 4.61. The summed E-state index contributed by atoms with van der Waals surface area (Å²) in [5.41, 5.74) is 4.04. The van der Waals surface area contributed by atoms with Gasteiger partial charge in [0.1, 0.15) is 0 Å². The third kappa shape index (κ3) is 7.84. The number of rotatable bonds is 11. The largest absolute Gasteiger partial charge is 0.388 e. The summed E-state index contributed by atoms with van der Waals surface area (Å²) in [7, 11) is 0. The predicted molar refractivity (Wildman–Crippen MR) is 99.1 cm³/mol. The van der Waals surface area contributed by atoms with Crippen LogP contribution in [0.5, 0.6) is 0 Å². The van der Waals surface area contributed by atoms with Crippen LogP contribution in [0.3, 0.4) is 0 Å². The van der Waals surface area contributed by atoms with Crippen molar-refractivity contribution in [2.24, 2.45) is 0 Å². The molecule has 0 aromatic rings. The van der Waals surface area contributed by atoms with Gasteiger partial charge in [0.25, 0.3) is 0 Å². The van der Waals surface area contributed by atoms with Crippen molar-refractivity contribution in [3.05, 3.63) is 35.6 Å². The van der Waals surface area contributed by atoms with Gasteiger partial charge in [0.2, 0.25) is 0 Å². The van der Waals surface area contributed by atoms with Crippen molar-refractivity contribution in [3.8, 4) is 0 Å². The van der Waals surface area contributed by atoms with E-state index in [-0.39, 0.29) is 0 Å². The lowest BCUT2D eigenvalue weighted by molar-refractivity contribution is 0.471. The van der Waals surface area contributed by atoms with Gasteiger partial charge in [-0.15, -0.1) is 0 Å². The molecule has 1 heterocycles. The van der Waals surface area contributed by atoms with Crippen LogP contribution in [-0.2, 0) is 0 Å². The molecule has 0 aromatic heterocycles. The van der Waals surface area contributed by atoms with Crippen LogP contribution >= 0.6 is 0 Å². The summed E-state index contributed by atoms with van der Waals surface area (Å²) in [5, 5.41) is 7.06. The zero-order chi connectivity index (χ0) is 16.2. The monoisotopic (exact) mass is 304 g/mol. The highest BCUT2D eigenvalue weighted by molar-refractivity contribution is 5.30. The Kier molecular flexibility index (Phi) is 9.98. The molecule has 2 N–H and O–H groups in total. The molecule has 2 heteroatoms. The molecule has 0 aliphatic carbocycles. The molecule has 1 aliphatic heterocycles. The molecular formula is C20H36N2. The first kappa shape index (κ1) is 19.0. The maximum atomic E-state index is 4.19. The van der Waals surface area contributed by atoms with Crippen LogP contribution in [0.4, 0.5) is 0 Å². The molecule has 1 aliphatic rings. The molecule has 0 unspecified atom stereocenters.